The largest absolute Gasteiger partial charge is 0.293 e. The van der Waals surface area contributed by atoms with Crippen molar-refractivity contribution in [1.29, 1.82) is 0 Å². The van der Waals surface area contributed by atoms with Crippen LogP contribution < -0.4 is 0 Å². The number of Topliss-reactive ketones (excluding diaryl/α,β-unsaturated/α-hetero) is 1. The molecule has 4 rings (SSSR count). The summed E-state index contributed by atoms with van der Waals surface area (Å²) in [5.41, 5.74) is 1.67. The van der Waals surface area contributed by atoms with Crippen molar-refractivity contribution >= 4 is 17.5 Å². The summed E-state index contributed by atoms with van der Waals surface area (Å²) in [6.07, 6.45) is 4.61. The van der Waals surface area contributed by atoms with Crippen LogP contribution in [-0.4, -0.2) is 26.0 Å². The number of hydrogen-bond acceptors (Lipinski definition) is 5. The number of tetrazole rings is 1. The number of ketones is 1. The summed E-state index contributed by atoms with van der Waals surface area (Å²) in [6.45, 7) is 0. The molecule has 0 amide bonds. The molecule has 0 spiro atoms. The minimum Gasteiger partial charge on any atom is -0.293 e. The van der Waals surface area contributed by atoms with Gasteiger partial charge < -0.3 is 0 Å². The lowest BCUT2D eigenvalue weighted by atomic mass is 10.0. The van der Waals surface area contributed by atoms with Gasteiger partial charge in [-0.2, -0.15) is 0 Å². The molecule has 0 aliphatic heterocycles. The van der Waals surface area contributed by atoms with Crippen molar-refractivity contribution < 1.29 is 4.79 Å². The zero-order chi connectivity index (χ0) is 17.8. The van der Waals surface area contributed by atoms with Gasteiger partial charge in [0.1, 0.15) is 5.25 Å². The molecule has 5 nitrogen and oxygen atoms in total. The van der Waals surface area contributed by atoms with Gasteiger partial charge >= 0.3 is 0 Å². The maximum absolute atomic E-state index is 13.2. The van der Waals surface area contributed by atoms with Gasteiger partial charge in [-0.3, -0.25) is 4.79 Å². The van der Waals surface area contributed by atoms with E-state index < -0.39 is 0 Å². The molecule has 1 saturated carbocycles. The molecule has 3 aromatic rings. The highest BCUT2D eigenvalue weighted by atomic mass is 32.2. The molecular weight excluding hydrogens is 344 g/mol. The zero-order valence-corrected chi connectivity index (χ0v) is 15.2. The monoisotopic (exact) mass is 364 g/mol. The number of rotatable bonds is 6. The van der Waals surface area contributed by atoms with E-state index in [0.29, 0.717) is 11.6 Å². The Bertz CT molecular complexity index is 860. The summed E-state index contributed by atoms with van der Waals surface area (Å²) in [7, 11) is 0. The van der Waals surface area contributed by atoms with E-state index in [0.717, 1.165) is 23.6 Å². The Labute approximate surface area is 156 Å². The standard InChI is InChI=1S/C20H20N4OS/c25-18(15-9-3-1-4-10-15)19(16-11-5-2-6-12-16)26-20-21-22-23-24(20)17-13-7-8-14-17/h1-6,9-12,17,19H,7-8,13-14H2/t19-/m1/s1. The van der Waals surface area contributed by atoms with E-state index in [1.165, 1.54) is 24.6 Å². The van der Waals surface area contributed by atoms with Crippen molar-refractivity contribution in [1.82, 2.24) is 20.2 Å². The fourth-order valence-corrected chi connectivity index (χ4v) is 4.53. The Morgan fingerprint density at radius 1 is 1.00 bits per heavy atom. The van der Waals surface area contributed by atoms with Crippen LogP contribution in [0.1, 0.15) is 52.9 Å². The van der Waals surface area contributed by atoms with Crippen molar-refractivity contribution in [3.63, 3.8) is 0 Å². The van der Waals surface area contributed by atoms with Gasteiger partial charge in [0.15, 0.2) is 5.78 Å². The van der Waals surface area contributed by atoms with Gasteiger partial charge in [0.05, 0.1) is 6.04 Å². The van der Waals surface area contributed by atoms with Crippen molar-refractivity contribution in [3.05, 3.63) is 71.8 Å². The fourth-order valence-electron chi connectivity index (χ4n) is 3.40. The third-order valence-electron chi connectivity index (χ3n) is 4.76. The van der Waals surface area contributed by atoms with E-state index in [1.807, 2.05) is 65.3 Å². The summed E-state index contributed by atoms with van der Waals surface area (Å²) in [4.78, 5) is 13.2. The molecule has 2 aromatic carbocycles. The van der Waals surface area contributed by atoms with Crippen LogP contribution >= 0.6 is 11.8 Å². The normalized spacial score (nSPS) is 15.8. The summed E-state index contributed by atoms with van der Waals surface area (Å²) < 4.78 is 1.91. The number of carbonyl (C=O) groups excluding carboxylic acids is 1. The van der Waals surface area contributed by atoms with Crippen molar-refractivity contribution in [2.24, 2.45) is 0 Å². The number of nitrogens with zero attached hydrogens (tertiary/aromatic N) is 4. The smallest absolute Gasteiger partial charge is 0.210 e. The number of thioether (sulfide) groups is 1. The molecule has 0 unspecified atom stereocenters. The topological polar surface area (TPSA) is 60.7 Å². The summed E-state index contributed by atoms with van der Waals surface area (Å²) in [5.74, 6) is 0.0720. The highest BCUT2D eigenvalue weighted by Gasteiger charge is 2.28. The highest BCUT2D eigenvalue weighted by Crippen LogP contribution is 2.39. The lowest BCUT2D eigenvalue weighted by Crippen LogP contribution is -2.13. The second-order valence-electron chi connectivity index (χ2n) is 6.48. The molecule has 1 heterocycles. The molecule has 1 fully saturated rings. The van der Waals surface area contributed by atoms with Crippen LogP contribution in [0.15, 0.2) is 65.8 Å². The number of benzene rings is 2. The van der Waals surface area contributed by atoms with Crippen LogP contribution in [0.2, 0.25) is 0 Å². The first-order valence-corrected chi connectivity index (χ1v) is 9.79. The van der Waals surface area contributed by atoms with Gasteiger partial charge in [-0.15, -0.1) is 5.10 Å². The van der Waals surface area contributed by atoms with E-state index in [-0.39, 0.29) is 11.0 Å². The third-order valence-corrected chi connectivity index (χ3v) is 5.96. The van der Waals surface area contributed by atoms with Gasteiger partial charge in [-0.25, -0.2) is 4.68 Å². The first kappa shape index (κ1) is 17.0. The number of aromatic nitrogens is 4. The molecule has 1 aromatic heterocycles. The summed E-state index contributed by atoms with van der Waals surface area (Å²) in [6, 6.07) is 19.6. The molecule has 1 aliphatic rings. The van der Waals surface area contributed by atoms with Crippen LogP contribution in [0.25, 0.3) is 0 Å². The Hall–Kier alpha value is -2.47. The Balaban J connectivity index is 1.66. The SMILES string of the molecule is O=C(c1ccccc1)[C@H](Sc1nnnn1C1CCCC1)c1ccccc1. The van der Waals surface area contributed by atoms with E-state index in [9.17, 15) is 4.79 Å². The molecule has 132 valence electrons. The van der Waals surface area contributed by atoms with E-state index >= 15 is 0 Å². The first-order chi connectivity index (χ1) is 12.8. The number of carbonyl (C=O) groups is 1. The van der Waals surface area contributed by atoms with Gasteiger partial charge in [-0.1, -0.05) is 85.3 Å². The highest BCUT2D eigenvalue weighted by molar-refractivity contribution is 8.00. The average molecular weight is 364 g/mol. The van der Waals surface area contributed by atoms with Gasteiger partial charge in [0.25, 0.3) is 0 Å². The lowest BCUT2D eigenvalue weighted by Gasteiger charge is -2.17. The Kier molecular flexibility index (Phi) is 5.11. The maximum Gasteiger partial charge on any atom is 0.210 e. The average Bonchev–Trinajstić information content (AvgIpc) is 3.38. The van der Waals surface area contributed by atoms with Gasteiger partial charge in [-0.05, 0) is 28.8 Å². The molecular formula is C20H20N4OS. The van der Waals surface area contributed by atoms with Crippen molar-refractivity contribution in [2.75, 3.05) is 0 Å². The first-order valence-electron chi connectivity index (χ1n) is 8.91. The van der Waals surface area contributed by atoms with Crippen molar-refractivity contribution in [3.8, 4) is 0 Å². The molecule has 0 N–H and O–H groups in total. The maximum atomic E-state index is 13.2. The zero-order valence-electron chi connectivity index (χ0n) is 14.4. The van der Waals surface area contributed by atoms with Crippen LogP contribution in [0.4, 0.5) is 0 Å². The third kappa shape index (κ3) is 3.55. The van der Waals surface area contributed by atoms with E-state index in [4.69, 9.17) is 0 Å². The quantitative estimate of drug-likeness (QED) is 0.476. The fraction of sp³-hybridized carbons (Fsp3) is 0.300. The lowest BCUT2D eigenvalue weighted by molar-refractivity contribution is 0.0989. The van der Waals surface area contributed by atoms with Crippen LogP contribution in [-0.2, 0) is 0 Å². The molecule has 26 heavy (non-hydrogen) atoms. The van der Waals surface area contributed by atoms with Crippen LogP contribution in [0, 0.1) is 0 Å². The second-order valence-corrected chi connectivity index (χ2v) is 7.56. The van der Waals surface area contributed by atoms with Crippen LogP contribution in [0.5, 0.6) is 0 Å². The van der Waals surface area contributed by atoms with Gasteiger partial charge in [0.2, 0.25) is 5.16 Å². The Morgan fingerprint density at radius 3 is 2.35 bits per heavy atom. The summed E-state index contributed by atoms with van der Waals surface area (Å²) >= 11 is 1.44. The van der Waals surface area contributed by atoms with E-state index in [2.05, 4.69) is 15.5 Å². The molecule has 1 aliphatic carbocycles. The van der Waals surface area contributed by atoms with Crippen molar-refractivity contribution in [2.45, 2.75) is 42.1 Å². The molecule has 0 bridgehead atoms. The molecule has 0 radical (unpaired) electrons. The van der Waals surface area contributed by atoms with Crippen LogP contribution in [0.3, 0.4) is 0 Å². The second kappa shape index (κ2) is 7.83. The molecule has 0 saturated heterocycles. The van der Waals surface area contributed by atoms with Gasteiger partial charge in [0, 0.05) is 5.56 Å². The molecule has 1 atom stereocenters. The van der Waals surface area contributed by atoms with E-state index in [1.54, 1.807) is 0 Å². The molecule has 6 heteroatoms. The Morgan fingerprint density at radius 2 is 1.65 bits per heavy atom. The number of hydrogen-bond donors (Lipinski definition) is 0. The minimum atomic E-state index is -0.371. The minimum absolute atomic E-state index is 0.0720. The predicted octanol–water partition coefficient (Wildman–Crippen LogP) is 4.50. The summed E-state index contributed by atoms with van der Waals surface area (Å²) in [5, 5.41) is 12.6. The predicted molar refractivity (Wildman–Crippen MR) is 101 cm³/mol.